The molecule has 0 bridgehead atoms. The fourth-order valence-corrected chi connectivity index (χ4v) is 4.43. The maximum atomic E-state index is 14.5. The van der Waals surface area contributed by atoms with E-state index in [4.69, 9.17) is 0 Å². The largest absolute Gasteiger partial charge is 0.417 e. The Bertz CT molecular complexity index is 1310. The molecule has 1 N–H and O–H groups in total. The summed E-state index contributed by atoms with van der Waals surface area (Å²) in [7, 11) is -4.36. The number of nitrogens with zero attached hydrogens (tertiary/aromatic N) is 2. The lowest BCUT2D eigenvalue weighted by Gasteiger charge is -2.24. The van der Waals surface area contributed by atoms with Gasteiger partial charge in [0, 0.05) is 5.56 Å². The summed E-state index contributed by atoms with van der Waals surface area (Å²) < 4.78 is 80.7. The second-order valence-corrected chi connectivity index (χ2v) is 9.02. The zero-order chi connectivity index (χ0) is 24.9. The van der Waals surface area contributed by atoms with Gasteiger partial charge in [-0.3, -0.25) is 9.10 Å². The lowest BCUT2D eigenvalue weighted by molar-refractivity contribution is -0.137. The summed E-state index contributed by atoms with van der Waals surface area (Å²) in [5.41, 5.74) is 1.17. The average molecular weight is 493 g/mol. The van der Waals surface area contributed by atoms with Gasteiger partial charge < -0.3 is 0 Å². The van der Waals surface area contributed by atoms with Crippen molar-refractivity contribution in [3.05, 3.63) is 95.3 Å². The van der Waals surface area contributed by atoms with Crippen LogP contribution in [-0.4, -0.2) is 27.1 Å². The first-order chi connectivity index (χ1) is 16.0. The molecule has 0 radical (unpaired) electrons. The minimum absolute atomic E-state index is 0.170. The molecule has 0 atom stereocenters. The van der Waals surface area contributed by atoms with Crippen molar-refractivity contribution in [2.45, 2.75) is 18.0 Å². The van der Waals surface area contributed by atoms with Crippen LogP contribution in [0.5, 0.6) is 0 Å². The first-order valence-corrected chi connectivity index (χ1v) is 11.3. The summed E-state index contributed by atoms with van der Waals surface area (Å²) in [5, 5.41) is 3.51. The number of benzene rings is 3. The normalized spacial score (nSPS) is 12.0. The minimum Gasteiger partial charge on any atom is -0.271 e. The van der Waals surface area contributed by atoms with Crippen LogP contribution in [0.15, 0.2) is 82.8 Å². The van der Waals surface area contributed by atoms with Gasteiger partial charge in [-0.2, -0.15) is 18.3 Å². The van der Waals surface area contributed by atoms with E-state index in [1.54, 1.807) is 19.1 Å². The third kappa shape index (κ3) is 5.79. The van der Waals surface area contributed by atoms with Crippen molar-refractivity contribution >= 4 is 27.8 Å². The zero-order valence-electron chi connectivity index (χ0n) is 17.8. The summed E-state index contributed by atoms with van der Waals surface area (Å²) >= 11 is 0. The number of para-hydroxylation sites is 1. The van der Waals surface area contributed by atoms with Gasteiger partial charge in [0.1, 0.15) is 12.4 Å². The molecule has 3 rings (SSSR count). The second kappa shape index (κ2) is 10.0. The van der Waals surface area contributed by atoms with Crippen LogP contribution in [0.1, 0.15) is 16.7 Å². The molecular weight excluding hydrogens is 474 g/mol. The van der Waals surface area contributed by atoms with Crippen LogP contribution in [0, 0.1) is 12.7 Å². The third-order valence-electron chi connectivity index (χ3n) is 4.68. The molecule has 0 aliphatic rings. The number of nitrogens with one attached hydrogen (secondary N) is 1. The Morgan fingerprint density at radius 3 is 2.26 bits per heavy atom. The number of anilines is 1. The van der Waals surface area contributed by atoms with E-state index >= 15 is 0 Å². The highest BCUT2D eigenvalue weighted by Crippen LogP contribution is 2.31. The molecule has 0 aliphatic heterocycles. The molecule has 0 heterocycles. The Kier molecular flexibility index (Phi) is 7.35. The van der Waals surface area contributed by atoms with Gasteiger partial charge >= 0.3 is 6.18 Å². The smallest absolute Gasteiger partial charge is 0.271 e. The van der Waals surface area contributed by atoms with E-state index in [0.29, 0.717) is 4.31 Å². The molecule has 3 aromatic carbocycles. The SMILES string of the molecule is Cc1ccc(S(=O)(=O)N(CC(=O)N/N=C/c2ccccc2C(F)(F)F)c2ccccc2F)cc1. The van der Waals surface area contributed by atoms with Crippen molar-refractivity contribution in [2.24, 2.45) is 5.10 Å². The summed E-state index contributed by atoms with van der Waals surface area (Å²) in [6, 6.07) is 15.3. The van der Waals surface area contributed by atoms with Gasteiger partial charge in [0.15, 0.2) is 0 Å². The Morgan fingerprint density at radius 1 is 1.00 bits per heavy atom. The zero-order valence-corrected chi connectivity index (χ0v) is 18.6. The molecule has 3 aromatic rings. The van der Waals surface area contributed by atoms with Crippen LogP contribution < -0.4 is 9.73 Å². The van der Waals surface area contributed by atoms with Gasteiger partial charge in [0.25, 0.3) is 15.9 Å². The number of hydrogen-bond acceptors (Lipinski definition) is 4. The van der Waals surface area contributed by atoms with Gasteiger partial charge in [0.05, 0.1) is 22.4 Å². The number of amides is 1. The number of halogens is 4. The molecule has 0 fully saturated rings. The van der Waals surface area contributed by atoms with Crippen molar-refractivity contribution in [3.63, 3.8) is 0 Å². The van der Waals surface area contributed by atoms with Gasteiger partial charge in [-0.25, -0.2) is 18.2 Å². The molecule has 6 nitrogen and oxygen atoms in total. The first kappa shape index (κ1) is 24.9. The fourth-order valence-electron chi connectivity index (χ4n) is 3.00. The summed E-state index contributed by atoms with van der Waals surface area (Å²) in [4.78, 5) is 12.3. The van der Waals surface area contributed by atoms with Crippen LogP contribution in [0.3, 0.4) is 0 Å². The van der Waals surface area contributed by atoms with Crippen LogP contribution in [0.4, 0.5) is 23.2 Å². The van der Waals surface area contributed by atoms with Gasteiger partial charge in [-0.1, -0.05) is 48.0 Å². The number of hydrogen-bond donors (Lipinski definition) is 1. The van der Waals surface area contributed by atoms with Crippen molar-refractivity contribution in [2.75, 3.05) is 10.8 Å². The highest BCUT2D eigenvalue weighted by Gasteiger charge is 2.32. The second-order valence-electron chi connectivity index (χ2n) is 7.15. The topological polar surface area (TPSA) is 78.8 Å². The van der Waals surface area contributed by atoms with Gasteiger partial charge in [-0.05, 0) is 37.3 Å². The Hall–Kier alpha value is -3.73. The fraction of sp³-hybridized carbons (Fsp3) is 0.130. The predicted molar refractivity (Wildman–Crippen MR) is 119 cm³/mol. The van der Waals surface area contributed by atoms with Crippen LogP contribution in [-0.2, 0) is 21.0 Å². The van der Waals surface area contributed by atoms with Gasteiger partial charge in [-0.15, -0.1) is 0 Å². The van der Waals surface area contributed by atoms with Crippen molar-refractivity contribution in [1.82, 2.24) is 5.43 Å². The maximum Gasteiger partial charge on any atom is 0.417 e. The maximum absolute atomic E-state index is 14.5. The number of alkyl halides is 3. The van der Waals surface area contributed by atoms with Crippen molar-refractivity contribution in [3.8, 4) is 0 Å². The Morgan fingerprint density at radius 2 is 1.62 bits per heavy atom. The number of aryl methyl sites for hydroxylation is 1. The third-order valence-corrected chi connectivity index (χ3v) is 6.45. The molecule has 0 unspecified atom stereocenters. The Balaban J connectivity index is 1.87. The predicted octanol–water partition coefficient (Wildman–Crippen LogP) is 4.50. The summed E-state index contributed by atoms with van der Waals surface area (Å²) in [6.45, 7) is 0.892. The molecule has 0 aromatic heterocycles. The molecule has 0 spiro atoms. The number of hydrazone groups is 1. The molecule has 34 heavy (non-hydrogen) atoms. The van der Waals surface area contributed by atoms with E-state index in [0.717, 1.165) is 30.0 Å². The van der Waals surface area contributed by atoms with E-state index in [-0.39, 0.29) is 16.1 Å². The lowest BCUT2D eigenvalue weighted by atomic mass is 10.1. The quantitative estimate of drug-likeness (QED) is 0.299. The summed E-state index contributed by atoms with van der Waals surface area (Å²) in [5.74, 6) is -1.87. The van der Waals surface area contributed by atoms with Crippen LogP contribution in [0.2, 0.25) is 0 Å². The summed E-state index contributed by atoms with van der Waals surface area (Å²) in [6.07, 6.45) is -3.83. The minimum atomic E-state index is -4.63. The molecule has 0 saturated carbocycles. The van der Waals surface area contributed by atoms with Crippen molar-refractivity contribution < 1.29 is 30.8 Å². The van der Waals surface area contributed by atoms with Crippen molar-refractivity contribution in [1.29, 1.82) is 0 Å². The molecule has 11 heteroatoms. The van der Waals surface area contributed by atoms with E-state index in [2.05, 4.69) is 5.10 Å². The average Bonchev–Trinajstić information content (AvgIpc) is 2.78. The monoisotopic (exact) mass is 493 g/mol. The molecule has 0 aliphatic carbocycles. The molecule has 1 amide bonds. The molecule has 178 valence electrons. The van der Waals surface area contributed by atoms with Crippen LogP contribution >= 0.6 is 0 Å². The van der Waals surface area contributed by atoms with Gasteiger partial charge in [0.2, 0.25) is 0 Å². The van der Waals surface area contributed by atoms with Crippen LogP contribution in [0.25, 0.3) is 0 Å². The molecule has 0 saturated heterocycles. The highest BCUT2D eigenvalue weighted by molar-refractivity contribution is 7.92. The molecular formula is C23H19F4N3O3S. The lowest BCUT2D eigenvalue weighted by Crippen LogP contribution is -2.40. The standard InChI is InChI=1S/C23H19F4N3O3S/c1-16-10-12-18(13-11-16)34(32,33)30(21-9-5-4-8-20(21)24)15-22(31)29-28-14-17-6-2-3-7-19(17)23(25,26)27/h2-14H,15H2,1H3,(H,29,31)/b28-14+. The number of carbonyl (C=O) groups excluding carboxylic acids is 1. The Labute approximate surface area is 193 Å². The first-order valence-electron chi connectivity index (χ1n) is 9.82. The van der Waals surface area contributed by atoms with E-state index in [1.165, 1.54) is 42.5 Å². The number of rotatable bonds is 7. The number of sulfonamides is 1. The van der Waals surface area contributed by atoms with E-state index < -0.39 is 40.0 Å². The van der Waals surface area contributed by atoms with E-state index in [1.807, 2.05) is 5.43 Å². The highest BCUT2D eigenvalue weighted by atomic mass is 32.2. The number of carbonyl (C=O) groups is 1. The van der Waals surface area contributed by atoms with E-state index in [9.17, 15) is 30.8 Å².